The molecular formula is C20H24N2O3S2. The molecule has 1 unspecified atom stereocenters. The molecule has 1 aliphatic heterocycles. The van der Waals surface area contributed by atoms with E-state index in [1.807, 2.05) is 24.3 Å². The van der Waals surface area contributed by atoms with Crippen molar-refractivity contribution in [1.29, 1.82) is 0 Å². The van der Waals surface area contributed by atoms with Gasteiger partial charge in [0.1, 0.15) is 0 Å². The maximum Gasteiger partial charge on any atom is 0.243 e. The minimum atomic E-state index is -3.57. The predicted octanol–water partition coefficient (Wildman–Crippen LogP) is 3.84. The Morgan fingerprint density at radius 2 is 1.85 bits per heavy atom. The summed E-state index contributed by atoms with van der Waals surface area (Å²) >= 11 is 1.67. The minimum Gasteiger partial charge on any atom is -0.325 e. The summed E-state index contributed by atoms with van der Waals surface area (Å²) in [5.41, 5.74) is 0.789. The molecule has 1 atom stereocenters. The molecule has 0 aliphatic carbocycles. The number of amides is 1. The van der Waals surface area contributed by atoms with Crippen LogP contribution in [-0.4, -0.2) is 37.5 Å². The molecule has 0 spiro atoms. The third-order valence-electron chi connectivity index (χ3n) is 4.58. The van der Waals surface area contributed by atoms with E-state index in [0.717, 1.165) is 16.3 Å². The van der Waals surface area contributed by atoms with Crippen LogP contribution in [0.2, 0.25) is 0 Å². The number of hydrogen-bond acceptors (Lipinski definition) is 4. The van der Waals surface area contributed by atoms with Crippen molar-refractivity contribution in [2.24, 2.45) is 5.92 Å². The van der Waals surface area contributed by atoms with Crippen LogP contribution in [0.4, 0.5) is 5.69 Å². The highest BCUT2D eigenvalue weighted by molar-refractivity contribution is 7.99. The molecule has 144 valence electrons. The van der Waals surface area contributed by atoms with Gasteiger partial charge in [-0.05, 0) is 42.9 Å². The van der Waals surface area contributed by atoms with Gasteiger partial charge in [0, 0.05) is 18.0 Å². The molecule has 2 aromatic rings. The monoisotopic (exact) mass is 404 g/mol. The largest absolute Gasteiger partial charge is 0.325 e. The van der Waals surface area contributed by atoms with Crippen LogP contribution in [-0.2, 0) is 14.8 Å². The standard InChI is InChI=1S/C20H24N2O3S2/c1-2-26-19-13-7-6-12-18(19)21-20(23)16-9-8-14-22(15-16)27(24,25)17-10-4-3-5-11-17/h3-7,10-13,16H,2,8-9,14-15H2,1H3,(H,21,23). The number of anilines is 1. The molecule has 0 radical (unpaired) electrons. The maximum absolute atomic E-state index is 12.8. The van der Waals surface area contributed by atoms with E-state index in [9.17, 15) is 13.2 Å². The molecule has 1 fully saturated rings. The summed E-state index contributed by atoms with van der Waals surface area (Å²) in [4.78, 5) is 14.1. The van der Waals surface area contributed by atoms with Crippen LogP contribution >= 0.6 is 11.8 Å². The van der Waals surface area contributed by atoms with Gasteiger partial charge in [0.15, 0.2) is 0 Å². The molecule has 1 aliphatic rings. The summed E-state index contributed by atoms with van der Waals surface area (Å²) in [7, 11) is -3.57. The minimum absolute atomic E-state index is 0.118. The topological polar surface area (TPSA) is 66.5 Å². The lowest BCUT2D eigenvalue weighted by molar-refractivity contribution is -0.120. The third-order valence-corrected chi connectivity index (χ3v) is 7.42. The molecule has 0 saturated carbocycles. The van der Waals surface area contributed by atoms with E-state index in [1.165, 1.54) is 4.31 Å². The Morgan fingerprint density at radius 1 is 1.15 bits per heavy atom. The Morgan fingerprint density at radius 3 is 2.59 bits per heavy atom. The van der Waals surface area contributed by atoms with E-state index in [0.29, 0.717) is 19.4 Å². The van der Waals surface area contributed by atoms with Crippen molar-refractivity contribution >= 4 is 33.4 Å². The average molecular weight is 405 g/mol. The van der Waals surface area contributed by atoms with Gasteiger partial charge in [-0.25, -0.2) is 8.42 Å². The second-order valence-corrected chi connectivity index (χ2v) is 9.68. The fourth-order valence-electron chi connectivity index (χ4n) is 3.20. The van der Waals surface area contributed by atoms with Crippen molar-refractivity contribution in [3.63, 3.8) is 0 Å². The van der Waals surface area contributed by atoms with Crippen molar-refractivity contribution in [3.8, 4) is 0 Å². The fourth-order valence-corrected chi connectivity index (χ4v) is 5.51. The first-order chi connectivity index (χ1) is 13.0. The van der Waals surface area contributed by atoms with Gasteiger partial charge in [0.25, 0.3) is 0 Å². The molecule has 1 heterocycles. The van der Waals surface area contributed by atoms with Crippen molar-refractivity contribution in [3.05, 3.63) is 54.6 Å². The average Bonchev–Trinajstić information content (AvgIpc) is 2.70. The second kappa shape index (κ2) is 8.91. The Balaban J connectivity index is 1.72. The molecular weight excluding hydrogens is 380 g/mol. The number of piperidine rings is 1. The zero-order valence-electron chi connectivity index (χ0n) is 15.3. The normalized spacial score (nSPS) is 18.2. The maximum atomic E-state index is 12.8. The van der Waals surface area contributed by atoms with Gasteiger partial charge in [-0.3, -0.25) is 4.79 Å². The summed E-state index contributed by atoms with van der Waals surface area (Å²) in [5, 5.41) is 3.00. The highest BCUT2D eigenvalue weighted by Crippen LogP contribution is 2.29. The van der Waals surface area contributed by atoms with Gasteiger partial charge in [0.05, 0.1) is 16.5 Å². The van der Waals surface area contributed by atoms with Crippen LogP contribution in [0.3, 0.4) is 0 Å². The molecule has 1 N–H and O–H groups in total. The summed E-state index contributed by atoms with van der Waals surface area (Å²) in [5.74, 6) is 0.448. The number of sulfonamides is 1. The van der Waals surface area contributed by atoms with Crippen molar-refractivity contribution in [1.82, 2.24) is 4.31 Å². The number of rotatable bonds is 6. The van der Waals surface area contributed by atoms with Crippen LogP contribution in [0.25, 0.3) is 0 Å². The Hall–Kier alpha value is -1.83. The summed E-state index contributed by atoms with van der Waals surface area (Å²) in [6.07, 6.45) is 1.37. The molecule has 2 aromatic carbocycles. The quantitative estimate of drug-likeness (QED) is 0.743. The number of nitrogens with zero attached hydrogens (tertiary/aromatic N) is 1. The van der Waals surface area contributed by atoms with Crippen LogP contribution < -0.4 is 5.32 Å². The van der Waals surface area contributed by atoms with Crippen molar-refractivity contribution in [2.75, 3.05) is 24.2 Å². The number of benzene rings is 2. The van der Waals surface area contributed by atoms with Gasteiger partial charge >= 0.3 is 0 Å². The van der Waals surface area contributed by atoms with Crippen molar-refractivity contribution < 1.29 is 13.2 Å². The Labute approximate surface area is 165 Å². The van der Waals surface area contributed by atoms with E-state index >= 15 is 0 Å². The third kappa shape index (κ3) is 4.72. The zero-order chi connectivity index (χ0) is 19.3. The van der Waals surface area contributed by atoms with E-state index in [2.05, 4.69) is 12.2 Å². The molecule has 3 rings (SSSR count). The number of thioether (sulfide) groups is 1. The lowest BCUT2D eigenvalue weighted by atomic mass is 9.99. The highest BCUT2D eigenvalue weighted by atomic mass is 32.2. The molecule has 7 heteroatoms. The van der Waals surface area contributed by atoms with Gasteiger partial charge in [0.2, 0.25) is 15.9 Å². The highest BCUT2D eigenvalue weighted by Gasteiger charge is 2.33. The molecule has 5 nitrogen and oxygen atoms in total. The zero-order valence-corrected chi connectivity index (χ0v) is 16.9. The summed E-state index contributed by atoms with van der Waals surface area (Å²) in [6, 6.07) is 16.1. The number of carbonyl (C=O) groups is 1. The lowest BCUT2D eigenvalue weighted by Crippen LogP contribution is -2.43. The predicted molar refractivity (Wildman–Crippen MR) is 109 cm³/mol. The van der Waals surface area contributed by atoms with Gasteiger partial charge in [-0.15, -0.1) is 11.8 Å². The first-order valence-electron chi connectivity index (χ1n) is 9.10. The summed E-state index contributed by atoms with van der Waals surface area (Å²) in [6.45, 7) is 2.73. The molecule has 0 aromatic heterocycles. The Bertz CT molecular complexity index is 885. The van der Waals surface area contributed by atoms with Gasteiger partial charge in [-0.1, -0.05) is 37.3 Å². The Kier molecular flexibility index (Phi) is 6.57. The first kappa shape index (κ1) is 19.9. The van der Waals surface area contributed by atoms with Crippen LogP contribution in [0.15, 0.2) is 64.4 Å². The first-order valence-corrected chi connectivity index (χ1v) is 11.5. The molecule has 27 heavy (non-hydrogen) atoms. The smallest absolute Gasteiger partial charge is 0.243 e. The molecule has 1 saturated heterocycles. The fraction of sp³-hybridized carbons (Fsp3) is 0.350. The van der Waals surface area contributed by atoms with E-state index in [4.69, 9.17) is 0 Å². The van der Waals surface area contributed by atoms with Crippen LogP contribution in [0.5, 0.6) is 0 Å². The van der Waals surface area contributed by atoms with Gasteiger partial charge < -0.3 is 5.32 Å². The number of nitrogens with one attached hydrogen (secondary N) is 1. The SMILES string of the molecule is CCSc1ccccc1NC(=O)C1CCCN(S(=O)(=O)c2ccccc2)C1. The molecule has 1 amide bonds. The molecule has 0 bridgehead atoms. The van der Waals surface area contributed by atoms with E-state index in [1.54, 1.807) is 42.1 Å². The summed E-state index contributed by atoms with van der Waals surface area (Å²) < 4.78 is 27.1. The number of carbonyl (C=O) groups excluding carboxylic acids is 1. The van der Waals surface area contributed by atoms with Crippen LogP contribution in [0.1, 0.15) is 19.8 Å². The number of para-hydroxylation sites is 1. The van der Waals surface area contributed by atoms with E-state index in [-0.39, 0.29) is 23.3 Å². The van der Waals surface area contributed by atoms with Gasteiger partial charge in [-0.2, -0.15) is 4.31 Å². The van der Waals surface area contributed by atoms with E-state index < -0.39 is 10.0 Å². The number of hydrogen-bond donors (Lipinski definition) is 1. The lowest BCUT2D eigenvalue weighted by Gasteiger charge is -2.31. The van der Waals surface area contributed by atoms with Crippen LogP contribution in [0, 0.1) is 5.92 Å². The second-order valence-electron chi connectivity index (χ2n) is 6.43. The van der Waals surface area contributed by atoms with Crippen molar-refractivity contribution in [2.45, 2.75) is 29.6 Å².